The molecule has 4 aromatic rings. The van der Waals surface area contributed by atoms with E-state index in [1.807, 2.05) is 31.2 Å². The van der Waals surface area contributed by atoms with Crippen molar-refractivity contribution in [2.45, 2.75) is 18.6 Å². The number of nitrogens with one attached hydrogen (secondary N) is 2. The molecule has 4 rings (SSSR count). The molecule has 0 spiro atoms. The van der Waals surface area contributed by atoms with Crippen molar-refractivity contribution in [3.63, 3.8) is 0 Å². The Morgan fingerprint density at radius 1 is 1.32 bits per heavy atom. The Kier molecular flexibility index (Phi) is 4.98. The zero-order valence-corrected chi connectivity index (χ0v) is 15.8. The van der Waals surface area contributed by atoms with Crippen molar-refractivity contribution < 1.29 is 9.21 Å². The molecule has 8 nitrogen and oxygen atoms in total. The molecule has 0 atom stereocenters. The standard InChI is InChI=1S/C19H17N5O3S/c1-12-4-2-5-13(8-12)24-17-15(10-21-24)18(26)23-19(22-17)28-11-16(25)20-9-14-6-3-7-27-14/h2-8,10H,9,11H2,1H3,(H,20,25)(H,22,23,26). The maximum atomic E-state index is 12.4. The molecule has 0 saturated heterocycles. The highest BCUT2D eigenvalue weighted by atomic mass is 32.2. The molecule has 0 saturated carbocycles. The topological polar surface area (TPSA) is 106 Å². The van der Waals surface area contributed by atoms with Crippen molar-refractivity contribution in [3.05, 3.63) is 70.5 Å². The number of furan rings is 1. The highest BCUT2D eigenvalue weighted by molar-refractivity contribution is 7.99. The number of benzene rings is 1. The molecule has 28 heavy (non-hydrogen) atoms. The van der Waals surface area contributed by atoms with Gasteiger partial charge in [0.2, 0.25) is 5.91 Å². The van der Waals surface area contributed by atoms with E-state index in [-0.39, 0.29) is 17.2 Å². The Hall–Kier alpha value is -3.33. The summed E-state index contributed by atoms with van der Waals surface area (Å²) in [6.07, 6.45) is 3.05. The van der Waals surface area contributed by atoms with E-state index in [0.29, 0.717) is 28.5 Å². The Balaban J connectivity index is 1.52. The van der Waals surface area contributed by atoms with Gasteiger partial charge in [0.1, 0.15) is 11.1 Å². The summed E-state index contributed by atoms with van der Waals surface area (Å²) < 4.78 is 6.80. The third-order valence-corrected chi connectivity index (χ3v) is 4.92. The van der Waals surface area contributed by atoms with E-state index >= 15 is 0 Å². The first-order valence-corrected chi connectivity index (χ1v) is 9.56. The van der Waals surface area contributed by atoms with Gasteiger partial charge in [0.15, 0.2) is 10.8 Å². The van der Waals surface area contributed by atoms with Crippen LogP contribution in [0.2, 0.25) is 0 Å². The van der Waals surface area contributed by atoms with Crippen molar-refractivity contribution in [2.24, 2.45) is 0 Å². The van der Waals surface area contributed by atoms with Crippen LogP contribution in [0.4, 0.5) is 0 Å². The highest BCUT2D eigenvalue weighted by Gasteiger charge is 2.13. The minimum atomic E-state index is -0.289. The summed E-state index contributed by atoms with van der Waals surface area (Å²) in [4.78, 5) is 31.6. The van der Waals surface area contributed by atoms with Crippen LogP contribution < -0.4 is 10.9 Å². The molecule has 0 aliphatic carbocycles. The van der Waals surface area contributed by atoms with Crippen LogP contribution in [0.3, 0.4) is 0 Å². The van der Waals surface area contributed by atoms with E-state index in [4.69, 9.17) is 4.42 Å². The van der Waals surface area contributed by atoms with Crippen LogP contribution >= 0.6 is 11.8 Å². The number of carbonyl (C=O) groups excluding carboxylic acids is 1. The first kappa shape index (κ1) is 18.1. The summed E-state index contributed by atoms with van der Waals surface area (Å²) >= 11 is 1.15. The molecule has 0 unspecified atom stereocenters. The summed E-state index contributed by atoms with van der Waals surface area (Å²) in [7, 11) is 0. The second-order valence-corrected chi connectivity index (χ2v) is 7.11. The van der Waals surface area contributed by atoms with Gasteiger partial charge in [0.05, 0.1) is 30.4 Å². The predicted molar refractivity (Wildman–Crippen MR) is 106 cm³/mol. The van der Waals surface area contributed by atoms with Crippen molar-refractivity contribution in [3.8, 4) is 5.69 Å². The minimum Gasteiger partial charge on any atom is -0.467 e. The lowest BCUT2D eigenvalue weighted by Crippen LogP contribution is -2.24. The van der Waals surface area contributed by atoms with E-state index in [2.05, 4.69) is 20.4 Å². The molecular weight excluding hydrogens is 378 g/mol. The van der Waals surface area contributed by atoms with E-state index in [1.165, 1.54) is 6.20 Å². The van der Waals surface area contributed by atoms with Gasteiger partial charge in [-0.1, -0.05) is 23.9 Å². The first-order chi connectivity index (χ1) is 13.6. The third-order valence-electron chi connectivity index (χ3n) is 4.04. The molecule has 2 N–H and O–H groups in total. The number of fused-ring (bicyclic) bond motifs is 1. The number of aromatic nitrogens is 4. The first-order valence-electron chi connectivity index (χ1n) is 8.57. The number of thioether (sulfide) groups is 1. The third kappa shape index (κ3) is 3.84. The average molecular weight is 395 g/mol. The highest BCUT2D eigenvalue weighted by Crippen LogP contribution is 2.18. The molecule has 0 bridgehead atoms. The van der Waals surface area contributed by atoms with Gasteiger partial charge in [-0.15, -0.1) is 0 Å². The number of nitrogens with zero attached hydrogens (tertiary/aromatic N) is 3. The van der Waals surface area contributed by atoms with Crippen molar-refractivity contribution in [1.82, 2.24) is 25.1 Å². The van der Waals surface area contributed by atoms with Crippen LogP contribution in [0.25, 0.3) is 16.7 Å². The molecule has 0 aliphatic heterocycles. The van der Waals surface area contributed by atoms with E-state index < -0.39 is 0 Å². The summed E-state index contributed by atoms with van der Waals surface area (Å²) in [6, 6.07) is 11.3. The second-order valence-electron chi connectivity index (χ2n) is 6.15. The molecule has 1 amide bonds. The summed E-state index contributed by atoms with van der Waals surface area (Å²) in [5.74, 6) is 0.609. The number of amides is 1. The normalized spacial score (nSPS) is 11.0. The monoisotopic (exact) mass is 395 g/mol. The van der Waals surface area contributed by atoms with Gasteiger partial charge >= 0.3 is 0 Å². The Morgan fingerprint density at radius 3 is 3.00 bits per heavy atom. The maximum absolute atomic E-state index is 12.4. The van der Waals surface area contributed by atoms with Gasteiger partial charge in [-0.25, -0.2) is 9.67 Å². The number of hydrogen-bond acceptors (Lipinski definition) is 6. The van der Waals surface area contributed by atoms with Crippen LogP contribution in [-0.4, -0.2) is 31.4 Å². The quantitative estimate of drug-likeness (QED) is 0.384. The lowest BCUT2D eigenvalue weighted by atomic mass is 10.2. The molecule has 3 aromatic heterocycles. The number of rotatable bonds is 6. The number of aryl methyl sites for hydroxylation is 1. The fourth-order valence-electron chi connectivity index (χ4n) is 2.70. The molecule has 9 heteroatoms. The molecule has 0 aliphatic rings. The molecular formula is C19H17N5O3S. The number of H-pyrrole nitrogens is 1. The van der Waals surface area contributed by atoms with Crippen LogP contribution in [0, 0.1) is 6.92 Å². The van der Waals surface area contributed by atoms with Crippen molar-refractivity contribution in [1.29, 1.82) is 0 Å². The van der Waals surface area contributed by atoms with Crippen molar-refractivity contribution >= 4 is 28.7 Å². The van der Waals surface area contributed by atoms with Gasteiger partial charge in [0.25, 0.3) is 5.56 Å². The Labute approximate surface area is 164 Å². The molecule has 1 aromatic carbocycles. The Bertz CT molecular complexity index is 1180. The second kappa shape index (κ2) is 7.73. The SMILES string of the molecule is Cc1cccc(-n2ncc3c(=O)[nH]c(SCC(=O)NCc4ccco4)nc32)c1. The van der Waals surface area contributed by atoms with Crippen LogP contribution in [0.1, 0.15) is 11.3 Å². The van der Waals surface area contributed by atoms with Gasteiger partial charge < -0.3 is 14.7 Å². The van der Waals surface area contributed by atoms with Gasteiger partial charge in [0, 0.05) is 0 Å². The zero-order valence-electron chi connectivity index (χ0n) is 15.0. The number of hydrogen-bond donors (Lipinski definition) is 2. The van der Waals surface area contributed by atoms with Crippen LogP contribution in [-0.2, 0) is 11.3 Å². The fraction of sp³-hybridized carbons (Fsp3) is 0.158. The molecule has 142 valence electrons. The van der Waals surface area contributed by atoms with Crippen molar-refractivity contribution in [2.75, 3.05) is 5.75 Å². The van der Waals surface area contributed by atoms with Gasteiger partial charge in [-0.2, -0.15) is 5.10 Å². The minimum absolute atomic E-state index is 0.119. The largest absolute Gasteiger partial charge is 0.467 e. The van der Waals surface area contributed by atoms with E-state index in [0.717, 1.165) is 23.0 Å². The van der Waals surface area contributed by atoms with E-state index in [1.54, 1.807) is 23.1 Å². The zero-order chi connectivity index (χ0) is 19.5. The summed E-state index contributed by atoms with van der Waals surface area (Å²) in [5.41, 5.74) is 2.06. The molecule has 0 radical (unpaired) electrons. The van der Waals surface area contributed by atoms with E-state index in [9.17, 15) is 9.59 Å². The maximum Gasteiger partial charge on any atom is 0.262 e. The van der Waals surface area contributed by atoms with Gasteiger partial charge in [-0.05, 0) is 36.8 Å². The number of aromatic amines is 1. The van der Waals surface area contributed by atoms with Crippen LogP contribution in [0.15, 0.2) is 63.2 Å². The lowest BCUT2D eigenvalue weighted by molar-refractivity contribution is -0.118. The predicted octanol–water partition coefficient (Wildman–Crippen LogP) is 2.42. The van der Waals surface area contributed by atoms with Gasteiger partial charge in [-0.3, -0.25) is 9.59 Å². The summed E-state index contributed by atoms with van der Waals surface area (Å²) in [5, 5.41) is 7.81. The average Bonchev–Trinajstić information content (AvgIpc) is 3.34. The smallest absolute Gasteiger partial charge is 0.262 e. The molecule has 0 fully saturated rings. The molecule has 3 heterocycles. The lowest BCUT2D eigenvalue weighted by Gasteiger charge is -2.06. The summed E-state index contributed by atoms with van der Waals surface area (Å²) in [6.45, 7) is 2.30. The fourth-order valence-corrected chi connectivity index (χ4v) is 3.38. The Morgan fingerprint density at radius 2 is 2.21 bits per heavy atom. The number of carbonyl (C=O) groups is 1. The van der Waals surface area contributed by atoms with Crippen LogP contribution in [0.5, 0.6) is 0 Å².